The molecule has 1 unspecified atom stereocenters. The minimum absolute atomic E-state index is 0.0995. The van der Waals surface area contributed by atoms with Crippen molar-refractivity contribution in [3.8, 4) is 0 Å². The van der Waals surface area contributed by atoms with Gasteiger partial charge >= 0.3 is 0 Å². The normalized spacial score (nSPS) is 13.1. The summed E-state index contributed by atoms with van der Waals surface area (Å²) in [5.41, 5.74) is 1.06. The molecule has 0 amide bonds. The summed E-state index contributed by atoms with van der Waals surface area (Å²) >= 11 is 9.22. The molecule has 5 heteroatoms. The Bertz CT molecular complexity index is 305. The van der Waals surface area contributed by atoms with Crippen LogP contribution in [0.15, 0.2) is 24.3 Å². The highest BCUT2D eigenvalue weighted by Crippen LogP contribution is 2.27. The lowest BCUT2D eigenvalue weighted by molar-refractivity contribution is 0.0167. The summed E-state index contributed by atoms with van der Waals surface area (Å²) < 4.78 is 28.4. The monoisotopic (exact) mass is 312 g/mol. The van der Waals surface area contributed by atoms with Crippen molar-refractivity contribution in [3.63, 3.8) is 0 Å². The molecule has 1 aromatic rings. The minimum atomic E-state index is -2.40. The van der Waals surface area contributed by atoms with Gasteiger partial charge in [-0.1, -0.05) is 39.7 Å². The van der Waals surface area contributed by atoms with Crippen molar-refractivity contribution < 1.29 is 13.5 Å². The van der Waals surface area contributed by atoms with Gasteiger partial charge in [-0.3, -0.25) is 0 Å². The zero-order valence-corrected chi connectivity index (χ0v) is 10.8. The van der Waals surface area contributed by atoms with Crippen LogP contribution in [0.5, 0.6) is 0 Å². The molecule has 1 rings (SSSR count). The molecule has 0 N–H and O–H groups in total. The van der Waals surface area contributed by atoms with Crippen molar-refractivity contribution in [3.05, 3.63) is 34.9 Å². The summed E-state index contributed by atoms with van der Waals surface area (Å²) in [6.07, 6.45) is -1.75. The smallest absolute Gasteiger partial charge is 0.261 e. The van der Waals surface area contributed by atoms with E-state index in [1.807, 2.05) is 12.1 Å². The highest BCUT2D eigenvalue weighted by molar-refractivity contribution is 9.09. The molecular formula is C11H12BrClF2O. The minimum Gasteiger partial charge on any atom is -0.375 e. The van der Waals surface area contributed by atoms with Gasteiger partial charge in [-0.05, 0) is 24.1 Å². The first kappa shape index (κ1) is 13.9. The van der Waals surface area contributed by atoms with E-state index in [1.54, 1.807) is 12.1 Å². The summed E-state index contributed by atoms with van der Waals surface area (Å²) in [6, 6.07) is 7.39. The first-order valence-electron chi connectivity index (χ1n) is 4.85. The summed E-state index contributed by atoms with van der Waals surface area (Å²) in [5.74, 6) is 0. The summed E-state index contributed by atoms with van der Waals surface area (Å²) in [5, 5.41) is 0.678. The summed E-state index contributed by atoms with van der Waals surface area (Å²) in [4.78, 5) is 0.0995. The lowest BCUT2D eigenvalue weighted by Gasteiger charge is -2.10. The molecule has 1 nitrogen and oxygen atoms in total. The lowest BCUT2D eigenvalue weighted by Crippen LogP contribution is -2.06. The van der Waals surface area contributed by atoms with Crippen LogP contribution in [0.4, 0.5) is 8.78 Å². The van der Waals surface area contributed by atoms with E-state index in [0.29, 0.717) is 18.1 Å². The maximum absolute atomic E-state index is 11.8. The van der Waals surface area contributed by atoms with Gasteiger partial charge in [-0.2, -0.15) is 0 Å². The lowest BCUT2D eigenvalue weighted by atomic mass is 10.1. The van der Waals surface area contributed by atoms with Crippen molar-refractivity contribution in [2.45, 2.75) is 17.7 Å². The van der Waals surface area contributed by atoms with Crippen LogP contribution >= 0.6 is 27.5 Å². The van der Waals surface area contributed by atoms with Gasteiger partial charge < -0.3 is 4.74 Å². The van der Waals surface area contributed by atoms with E-state index < -0.39 is 13.0 Å². The second kappa shape index (κ2) is 7.20. The molecule has 16 heavy (non-hydrogen) atoms. The molecule has 90 valence electrons. The molecule has 0 aliphatic carbocycles. The molecule has 0 fully saturated rings. The van der Waals surface area contributed by atoms with Crippen LogP contribution in [0, 0.1) is 0 Å². The fourth-order valence-corrected chi connectivity index (χ4v) is 1.82. The Morgan fingerprint density at radius 3 is 2.44 bits per heavy atom. The molecule has 0 radical (unpaired) electrons. The van der Waals surface area contributed by atoms with Gasteiger partial charge in [-0.15, -0.1) is 0 Å². The molecular weight excluding hydrogens is 301 g/mol. The number of benzene rings is 1. The predicted octanol–water partition coefficient (Wildman–Crippen LogP) is 4.45. The Balaban J connectivity index is 2.29. The second-order valence-corrected chi connectivity index (χ2v) is 4.82. The van der Waals surface area contributed by atoms with Gasteiger partial charge in [-0.25, -0.2) is 8.78 Å². The van der Waals surface area contributed by atoms with E-state index in [-0.39, 0.29) is 4.83 Å². The number of ether oxygens (including phenoxy) is 1. The molecule has 0 aliphatic heterocycles. The summed E-state index contributed by atoms with van der Waals surface area (Å²) in [7, 11) is 0. The molecule has 0 bridgehead atoms. The fourth-order valence-electron chi connectivity index (χ4n) is 1.20. The maximum Gasteiger partial charge on any atom is 0.261 e. The van der Waals surface area contributed by atoms with Crippen molar-refractivity contribution >= 4 is 27.5 Å². The number of alkyl halides is 3. The number of hydrogen-bond donors (Lipinski definition) is 0. The third kappa shape index (κ3) is 5.23. The molecule has 0 heterocycles. The van der Waals surface area contributed by atoms with E-state index in [4.69, 9.17) is 16.3 Å². The van der Waals surface area contributed by atoms with Crippen LogP contribution in [-0.2, 0) is 4.74 Å². The van der Waals surface area contributed by atoms with E-state index >= 15 is 0 Å². The fraction of sp³-hybridized carbons (Fsp3) is 0.455. The first-order chi connectivity index (χ1) is 7.59. The molecule has 0 spiro atoms. The van der Waals surface area contributed by atoms with Crippen molar-refractivity contribution in [1.82, 2.24) is 0 Å². The Morgan fingerprint density at radius 1 is 1.25 bits per heavy atom. The van der Waals surface area contributed by atoms with Gasteiger partial charge in [0.05, 0.1) is 0 Å². The van der Waals surface area contributed by atoms with Gasteiger partial charge in [0, 0.05) is 16.5 Å². The van der Waals surface area contributed by atoms with Crippen molar-refractivity contribution in [2.24, 2.45) is 0 Å². The highest BCUT2D eigenvalue weighted by atomic mass is 79.9. The maximum atomic E-state index is 11.8. The largest absolute Gasteiger partial charge is 0.375 e. The third-order valence-corrected chi connectivity index (χ3v) is 3.23. The van der Waals surface area contributed by atoms with Gasteiger partial charge in [0.1, 0.15) is 6.61 Å². The number of hydrogen-bond acceptors (Lipinski definition) is 1. The number of halogens is 4. The van der Waals surface area contributed by atoms with E-state index in [2.05, 4.69) is 15.9 Å². The quantitative estimate of drug-likeness (QED) is 0.557. The zero-order valence-electron chi connectivity index (χ0n) is 8.51. The average molecular weight is 314 g/mol. The Morgan fingerprint density at radius 2 is 1.88 bits per heavy atom. The first-order valence-corrected chi connectivity index (χ1v) is 6.14. The van der Waals surface area contributed by atoms with Gasteiger partial charge in [0.15, 0.2) is 0 Å². The Hall–Kier alpha value is -0.190. The van der Waals surface area contributed by atoms with Crippen molar-refractivity contribution in [2.75, 3.05) is 13.2 Å². The molecule has 0 saturated heterocycles. The molecule has 1 aromatic carbocycles. The second-order valence-electron chi connectivity index (χ2n) is 3.27. The average Bonchev–Trinajstić information content (AvgIpc) is 2.25. The SMILES string of the molecule is FC(F)COCCC(Br)c1ccc(Cl)cc1. The van der Waals surface area contributed by atoms with E-state index in [0.717, 1.165) is 5.56 Å². The Kier molecular flexibility index (Phi) is 6.24. The predicted molar refractivity (Wildman–Crippen MR) is 64.6 cm³/mol. The van der Waals surface area contributed by atoms with Crippen LogP contribution < -0.4 is 0 Å². The Labute approximate surface area is 107 Å². The van der Waals surface area contributed by atoms with Crippen LogP contribution in [0.2, 0.25) is 5.02 Å². The van der Waals surface area contributed by atoms with Crippen LogP contribution in [0.3, 0.4) is 0 Å². The number of rotatable bonds is 6. The van der Waals surface area contributed by atoms with E-state index in [9.17, 15) is 8.78 Å². The topological polar surface area (TPSA) is 9.23 Å². The zero-order chi connectivity index (χ0) is 12.0. The highest BCUT2D eigenvalue weighted by Gasteiger charge is 2.08. The molecule has 0 saturated carbocycles. The molecule has 1 atom stereocenters. The van der Waals surface area contributed by atoms with Crippen LogP contribution in [0.1, 0.15) is 16.8 Å². The van der Waals surface area contributed by atoms with Gasteiger partial charge in [0.25, 0.3) is 6.43 Å². The molecule has 0 aromatic heterocycles. The van der Waals surface area contributed by atoms with Crippen molar-refractivity contribution in [1.29, 1.82) is 0 Å². The van der Waals surface area contributed by atoms with Gasteiger partial charge in [0.2, 0.25) is 0 Å². The standard InChI is InChI=1S/C11H12BrClF2O/c12-10(5-6-16-7-11(14)15)8-1-3-9(13)4-2-8/h1-4,10-11H,5-7H2. The third-order valence-electron chi connectivity index (χ3n) is 1.99. The summed E-state index contributed by atoms with van der Waals surface area (Å²) in [6.45, 7) is -0.191. The van der Waals surface area contributed by atoms with Crippen LogP contribution in [0.25, 0.3) is 0 Å². The van der Waals surface area contributed by atoms with E-state index in [1.165, 1.54) is 0 Å². The van der Waals surface area contributed by atoms with Crippen LogP contribution in [-0.4, -0.2) is 19.6 Å². The molecule has 0 aliphatic rings.